The van der Waals surface area contributed by atoms with E-state index in [-0.39, 0.29) is 5.92 Å². The first kappa shape index (κ1) is 13.9. The molecule has 0 radical (unpaired) electrons. The average molecular weight is 258 g/mol. The maximum Gasteiger partial charge on any atom is 0.125 e. The highest BCUT2D eigenvalue weighted by Gasteiger charge is 2.21. The van der Waals surface area contributed by atoms with Gasteiger partial charge >= 0.3 is 0 Å². The predicted octanol–water partition coefficient (Wildman–Crippen LogP) is 4.32. The number of aliphatic hydroxyl groups excluding tert-OH is 1. The fraction of sp³-hybridized carbons (Fsp3) is 0.412. The van der Waals surface area contributed by atoms with Crippen molar-refractivity contribution in [3.8, 4) is 5.75 Å². The molecule has 0 heterocycles. The van der Waals surface area contributed by atoms with Gasteiger partial charge in [-0.25, -0.2) is 0 Å². The standard InChI is InChI=1S/C17H22O2/c1-4-7-12(2)17(18)16-14-9-6-5-8-13(14)10-11-15(16)19-3/h5-6,8-12,17-18H,4,7H2,1-3H3. The van der Waals surface area contributed by atoms with Crippen LogP contribution >= 0.6 is 0 Å². The number of methoxy groups -OCH3 is 1. The molecule has 0 bridgehead atoms. The van der Waals surface area contributed by atoms with Crippen molar-refractivity contribution in [1.29, 1.82) is 0 Å². The molecule has 0 aliphatic heterocycles. The van der Waals surface area contributed by atoms with E-state index in [1.807, 2.05) is 24.3 Å². The highest BCUT2D eigenvalue weighted by atomic mass is 16.5. The summed E-state index contributed by atoms with van der Waals surface area (Å²) in [5.74, 6) is 0.999. The van der Waals surface area contributed by atoms with Crippen molar-refractivity contribution >= 4 is 10.8 Å². The smallest absolute Gasteiger partial charge is 0.125 e. The van der Waals surface area contributed by atoms with Crippen LogP contribution in [-0.2, 0) is 0 Å². The van der Waals surface area contributed by atoms with Gasteiger partial charge in [0, 0.05) is 5.56 Å². The second kappa shape index (κ2) is 6.07. The highest BCUT2D eigenvalue weighted by molar-refractivity contribution is 5.88. The minimum atomic E-state index is -0.485. The minimum Gasteiger partial charge on any atom is -0.496 e. The normalized spacial score (nSPS) is 14.3. The largest absolute Gasteiger partial charge is 0.496 e. The number of aliphatic hydroxyl groups is 1. The van der Waals surface area contributed by atoms with Crippen LogP contribution in [0.4, 0.5) is 0 Å². The van der Waals surface area contributed by atoms with Gasteiger partial charge < -0.3 is 9.84 Å². The van der Waals surface area contributed by atoms with Gasteiger partial charge in [0.05, 0.1) is 13.2 Å². The summed E-state index contributed by atoms with van der Waals surface area (Å²) in [5, 5.41) is 12.9. The fourth-order valence-electron chi connectivity index (χ4n) is 2.66. The van der Waals surface area contributed by atoms with Crippen LogP contribution in [0.5, 0.6) is 5.75 Å². The molecule has 2 atom stereocenters. The minimum absolute atomic E-state index is 0.227. The van der Waals surface area contributed by atoms with E-state index in [0.717, 1.165) is 34.9 Å². The molecular weight excluding hydrogens is 236 g/mol. The van der Waals surface area contributed by atoms with Crippen molar-refractivity contribution in [2.45, 2.75) is 32.8 Å². The molecular formula is C17H22O2. The Labute approximate surface area is 115 Å². The van der Waals surface area contributed by atoms with Gasteiger partial charge in [-0.15, -0.1) is 0 Å². The van der Waals surface area contributed by atoms with Gasteiger partial charge in [0.1, 0.15) is 5.75 Å². The number of benzene rings is 2. The molecule has 0 fully saturated rings. The third-order valence-electron chi connectivity index (χ3n) is 3.73. The molecule has 0 aliphatic carbocycles. The number of hydrogen-bond acceptors (Lipinski definition) is 2. The first-order valence-electron chi connectivity index (χ1n) is 6.92. The summed E-state index contributed by atoms with van der Waals surface area (Å²) in [6.45, 7) is 4.24. The van der Waals surface area contributed by atoms with Gasteiger partial charge in [-0.1, -0.05) is 50.6 Å². The molecule has 0 amide bonds. The van der Waals surface area contributed by atoms with E-state index < -0.39 is 6.10 Å². The van der Waals surface area contributed by atoms with E-state index in [1.54, 1.807) is 7.11 Å². The maximum atomic E-state index is 10.7. The zero-order chi connectivity index (χ0) is 13.8. The average Bonchev–Trinajstić information content (AvgIpc) is 2.45. The molecule has 2 unspecified atom stereocenters. The van der Waals surface area contributed by atoms with Crippen LogP contribution in [0.15, 0.2) is 36.4 Å². The molecule has 1 N–H and O–H groups in total. The number of ether oxygens (including phenoxy) is 1. The van der Waals surface area contributed by atoms with Crippen LogP contribution in [0.2, 0.25) is 0 Å². The third kappa shape index (κ3) is 2.74. The van der Waals surface area contributed by atoms with Gasteiger partial charge in [-0.05, 0) is 29.2 Å². The molecule has 2 aromatic rings. The van der Waals surface area contributed by atoms with Crippen molar-refractivity contribution in [1.82, 2.24) is 0 Å². The van der Waals surface area contributed by atoms with Crippen LogP contribution in [0.25, 0.3) is 10.8 Å². The summed E-state index contributed by atoms with van der Waals surface area (Å²) in [5.41, 5.74) is 0.918. The van der Waals surface area contributed by atoms with Gasteiger partial charge in [0.25, 0.3) is 0 Å². The Hall–Kier alpha value is -1.54. The summed E-state index contributed by atoms with van der Waals surface area (Å²) in [7, 11) is 1.66. The van der Waals surface area contributed by atoms with Crippen LogP contribution < -0.4 is 4.74 Å². The highest BCUT2D eigenvalue weighted by Crippen LogP contribution is 2.37. The lowest BCUT2D eigenvalue weighted by atomic mass is 9.89. The van der Waals surface area contributed by atoms with Crippen molar-refractivity contribution in [3.63, 3.8) is 0 Å². The summed E-state index contributed by atoms with van der Waals surface area (Å²) in [6.07, 6.45) is 1.60. The van der Waals surface area contributed by atoms with E-state index in [4.69, 9.17) is 4.74 Å². The lowest BCUT2D eigenvalue weighted by Crippen LogP contribution is -2.11. The second-order valence-corrected chi connectivity index (χ2v) is 5.11. The van der Waals surface area contributed by atoms with Crippen molar-refractivity contribution < 1.29 is 9.84 Å². The summed E-state index contributed by atoms with van der Waals surface area (Å²) in [4.78, 5) is 0. The van der Waals surface area contributed by atoms with Gasteiger partial charge in [0.2, 0.25) is 0 Å². The molecule has 2 heteroatoms. The first-order valence-corrected chi connectivity index (χ1v) is 6.92. The molecule has 102 valence electrons. The zero-order valence-electron chi connectivity index (χ0n) is 11.9. The van der Waals surface area contributed by atoms with Gasteiger partial charge in [-0.2, -0.15) is 0 Å². The van der Waals surface area contributed by atoms with Crippen molar-refractivity contribution in [3.05, 3.63) is 42.0 Å². The predicted molar refractivity (Wildman–Crippen MR) is 79.5 cm³/mol. The molecule has 0 saturated heterocycles. The molecule has 0 spiro atoms. The summed E-state index contributed by atoms with van der Waals surface area (Å²) < 4.78 is 5.44. The maximum absolute atomic E-state index is 10.7. The monoisotopic (exact) mass is 258 g/mol. The van der Waals surface area contributed by atoms with Crippen LogP contribution in [0, 0.1) is 5.92 Å². The molecule has 2 aromatic carbocycles. The summed E-state index contributed by atoms with van der Waals surface area (Å²) >= 11 is 0. The Kier molecular flexibility index (Phi) is 4.43. The van der Waals surface area contributed by atoms with E-state index in [1.165, 1.54) is 0 Å². The number of hydrogen-bond donors (Lipinski definition) is 1. The number of fused-ring (bicyclic) bond motifs is 1. The molecule has 2 rings (SSSR count). The molecule has 19 heavy (non-hydrogen) atoms. The topological polar surface area (TPSA) is 29.5 Å². The SMILES string of the molecule is CCCC(C)C(O)c1c(OC)ccc2ccccc12. The molecule has 0 aromatic heterocycles. The Balaban J connectivity index is 2.55. The van der Waals surface area contributed by atoms with Crippen molar-refractivity contribution in [2.24, 2.45) is 5.92 Å². The first-order chi connectivity index (χ1) is 9.19. The van der Waals surface area contributed by atoms with Crippen LogP contribution in [0.3, 0.4) is 0 Å². The number of rotatable bonds is 5. The van der Waals surface area contributed by atoms with E-state index >= 15 is 0 Å². The lowest BCUT2D eigenvalue weighted by Gasteiger charge is -2.22. The quantitative estimate of drug-likeness (QED) is 0.865. The Bertz CT molecular complexity index is 548. The van der Waals surface area contributed by atoms with Gasteiger partial charge in [0.15, 0.2) is 0 Å². The Morgan fingerprint density at radius 1 is 1.16 bits per heavy atom. The van der Waals surface area contributed by atoms with E-state index in [2.05, 4.69) is 26.0 Å². The molecule has 0 saturated carbocycles. The Morgan fingerprint density at radius 3 is 2.58 bits per heavy atom. The van der Waals surface area contributed by atoms with E-state index in [0.29, 0.717) is 0 Å². The van der Waals surface area contributed by atoms with Gasteiger partial charge in [-0.3, -0.25) is 0 Å². The second-order valence-electron chi connectivity index (χ2n) is 5.11. The fourth-order valence-corrected chi connectivity index (χ4v) is 2.66. The Morgan fingerprint density at radius 2 is 1.89 bits per heavy atom. The van der Waals surface area contributed by atoms with Crippen LogP contribution in [0.1, 0.15) is 38.4 Å². The van der Waals surface area contributed by atoms with E-state index in [9.17, 15) is 5.11 Å². The summed E-state index contributed by atoms with van der Waals surface area (Å²) in [6, 6.07) is 12.1. The third-order valence-corrected chi connectivity index (χ3v) is 3.73. The lowest BCUT2D eigenvalue weighted by molar-refractivity contribution is 0.111. The van der Waals surface area contributed by atoms with Crippen LogP contribution in [-0.4, -0.2) is 12.2 Å². The van der Waals surface area contributed by atoms with Crippen molar-refractivity contribution in [2.75, 3.05) is 7.11 Å². The zero-order valence-corrected chi connectivity index (χ0v) is 11.9. The molecule has 2 nitrogen and oxygen atoms in total. The molecule has 0 aliphatic rings.